The van der Waals surface area contributed by atoms with Crippen molar-refractivity contribution in [2.24, 2.45) is 0 Å². The van der Waals surface area contributed by atoms with Gasteiger partial charge in [-0.2, -0.15) is 0 Å². The highest BCUT2D eigenvalue weighted by Crippen LogP contribution is 2.31. The number of carbonyl (C=O) groups excluding carboxylic acids is 1. The van der Waals surface area contributed by atoms with Crippen molar-refractivity contribution < 1.29 is 17.9 Å². The molecule has 0 spiro atoms. The molecule has 9 heteroatoms. The largest absolute Gasteiger partial charge is 0.495 e. The molecule has 0 aromatic heterocycles. The van der Waals surface area contributed by atoms with Gasteiger partial charge >= 0.3 is 0 Å². The van der Waals surface area contributed by atoms with Crippen LogP contribution in [0.2, 0.25) is 10.0 Å². The summed E-state index contributed by atoms with van der Waals surface area (Å²) in [6, 6.07) is 7.33. The lowest BCUT2D eigenvalue weighted by Crippen LogP contribution is -2.40. The summed E-state index contributed by atoms with van der Waals surface area (Å²) in [5.41, 5.74) is 0.607. The highest BCUT2D eigenvalue weighted by atomic mass is 35.5. The van der Waals surface area contributed by atoms with Crippen molar-refractivity contribution in [3.05, 3.63) is 51.5 Å². The van der Waals surface area contributed by atoms with Gasteiger partial charge in [-0.3, -0.25) is 4.79 Å². The number of benzene rings is 2. The minimum Gasteiger partial charge on any atom is -0.495 e. The average molecular weight is 445 g/mol. The van der Waals surface area contributed by atoms with Crippen LogP contribution in [0, 0.1) is 6.92 Å². The number of ether oxygens (including phenoxy) is 1. The number of methoxy groups -OCH3 is 1. The van der Waals surface area contributed by atoms with Crippen molar-refractivity contribution in [1.82, 2.24) is 4.72 Å². The van der Waals surface area contributed by atoms with Gasteiger partial charge in [0.2, 0.25) is 10.0 Å². The van der Waals surface area contributed by atoms with E-state index in [1.165, 1.54) is 25.3 Å². The first-order valence-electron chi connectivity index (χ1n) is 8.33. The van der Waals surface area contributed by atoms with Crippen LogP contribution in [0.1, 0.15) is 36.7 Å². The van der Waals surface area contributed by atoms with Gasteiger partial charge in [-0.15, -0.1) is 0 Å². The van der Waals surface area contributed by atoms with Gasteiger partial charge in [0.25, 0.3) is 5.91 Å². The summed E-state index contributed by atoms with van der Waals surface area (Å²) in [6.07, 6.45) is 0. The number of nitrogens with one attached hydrogen (secondary N) is 2. The Balaban J connectivity index is 2.40. The number of hydrogen-bond acceptors (Lipinski definition) is 4. The predicted molar refractivity (Wildman–Crippen MR) is 112 cm³/mol. The van der Waals surface area contributed by atoms with E-state index in [9.17, 15) is 13.2 Å². The summed E-state index contributed by atoms with van der Waals surface area (Å²) in [7, 11) is -2.45. The lowest BCUT2D eigenvalue weighted by Gasteiger charge is -2.21. The number of carbonyl (C=O) groups is 1. The molecule has 28 heavy (non-hydrogen) atoms. The number of halogens is 2. The third-order valence-electron chi connectivity index (χ3n) is 3.65. The molecule has 0 unspecified atom stereocenters. The van der Waals surface area contributed by atoms with E-state index in [-0.39, 0.29) is 15.5 Å². The Labute approximate surface area is 175 Å². The first-order chi connectivity index (χ1) is 12.8. The first-order valence-corrected chi connectivity index (χ1v) is 10.6. The maximum Gasteiger partial charge on any atom is 0.255 e. The second kappa shape index (κ2) is 8.29. The van der Waals surface area contributed by atoms with Crippen LogP contribution < -0.4 is 14.8 Å². The molecule has 0 saturated carbocycles. The molecule has 0 atom stereocenters. The number of hydrogen-bond donors (Lipinski definition) is 2. The van der Waals surface area contributed by atoms with Gasteiger partial charge < -0.3 is 10.1 Å². The first kappa shape index (κ1) is 22.5. The van der Waals surface area contributed by atoms with E-state index in [0.717, 1.165) is 5.56 Å². The van der Waals surface area contributed by atoms with Crippen LogP contribution in [0.25, 0.3) is 0 Å². The maximum atomic E-state index is 12.7. The molecule has 152 valence electrons. The lowest BCUT2D eigenvalue weighted by molar-refractivity contribution is 0.102. The quantitative estimate of drug-likeness (QED) is 0.703. The van der Waals surface area contributed by atoms with Gasteiger partial charge in [0.15, 0.2) is 0 Å². The van der Waals surface area contributed by atoms with E-state index >= 15 is 0 Å². The van der Waals surface area contributed by atoms with Crippen LogP contribution in [0.3, 0.4) is 0 Å². The second-order valence-electron chi connectivity index (χ2n) is 7.26. The molecule has 0 aliphatic heterocycles. The topological polar surface area (TPSA) is 84.5 Å². The molecule has 2 rings (SSSR count). The van der Waals surface area contributed by atoms with Crippen LogP contribution in [0.4, 0.5) is 5.69 Å². The second-order valence-corrected chi connectivity index (χ2v) is 9.72. The molecule has 2 aromatic rings. The van der Waals surface area contributed by atoms with Gasteiger partial charge in [-0.1, -0.05) is 23.2 Å². The number of amides is 1. The lowest BCUT2D eigenvalue weighted by atomic mass is 10.1. The molecule has 0 heterocycles. The van der Waals surface area contributed by atoms with Gasteiger partial charge in [-0.05, 0) is 57.5 Å². The number of sulfonamides is 1. The Morgan fingerprint density at radius 3 is 2.29 bits per heavy atom. The summed E-state index contributed by atoms with van der Waals surface area (Å²) in [5.74, 6) is -0.121. The normalized spacial score (nSPS) is 12.0. The molecule has 0 bridgehead atoms. The van der Waals surface area contributed by atoms with Crippen LogP contribution in [0.15, 0.2) is 35.2 Å². The Bertz CT molecular complexity index is 1020. The molecule has 0 saturated heterocycles. The zero-order valence-electron chi connectivity index (χ0n) is 16.2. The van der Waals surface area contributed by atoms with Gasteiger partial charge in [0, 0.05) is 22.2 Å². The van der Waals surface area contributed by atoms with Crippen LogP contribution in [-0.4, -0.2) is 27.0 Å². The van der Waals surface area contributed by atoms with E-state index in [1.807, 2.05) is 0 Å². The molecule has 0 radical (unpaired) electrons. The van der Waals surface area contributed by atoms with E-state index < -0.39 is 21.5 Å². The molecule has 0 aliphatic rings. The van der Waals surface area contributed by atoms with Crippen molar-refractivity contribution in [2.75, 3.05) is 12.4 Å². The standard InChI is InChI=1S/C19H22Cl2N2O4S/c1-11-8-15(16(27-5)10-14(11)21)22-18(24)12-6-7-13(20)17(9-12)28(25,26)23-19(2,3)4/h6-10,23H,1-5H3,(H,22,24). The Morgan fingerprint density at radius 2 is 1.71 bits per heavy atom. The molecule has 2 N–H and O–H groups in total. The Kier molecular flexibility index (Phi) is 6.66. The molecule has 0 aliphatic carbocycles. The fourth-order valence-electron chi connectivity index (χ4n) is 2.43. The number of rotatable bonds is 5. The maximum absolute atomic E-state index is 12.7. The summed E-state index contributed by atoms with van der Waals surface area (Å²) in [5, 5.41) is 3.24. The number of anilines is 1. The zero-order chi connectivity index (χ0) is 21.3. The van der Waals surface area contributed by atoms with Crippen molar-refractivity contribution >= 4 is 44.8 Å². The monoisotopic (exact) mass is 444 g/mol. The highest BCUT2D eigenvalue weighted by molar-refractivity contribution is 7.89. The van der Waals surface area contributed by atoms with E-state index in [0.29, 0.717) is 16.5 Å². The summed E-state index contributed by atoms with van der Waals surface area (Å²) >= 11 is 12.2. The van der Waals surface area contributed by atoms with Crippen molar-refractivity contribution in [3.63, 3.8) is 0 Å². The fraction of sp³-hybridized carbons (Fsp3) is 0.316. The molecular formula is C19H22Cl2N2O4S. The van der Waals surface area contributed by atoms with Crippen molar-refractivity contribution in [3.8, 4) is 5.75 Å². The van der Waals surface area contributed by atoms with E-state index in [1.54, 1.807) is 39.8 Å². The highest BCUT2D eigenvalue weighted by Gasteiger charge is 2.25. The molecule has 0 fully saturated rings. The summed E-state index contributed by atoms with van der Waals surface area (Å²) in [6.45, 7) is 6.93. The van der Waals surface area contributed by atoms with Crippen LogP contribution >= 0.6 is 23.2 Å². The predicted octanol–water partition coefficient (Wildman–Crippen LogP) is 4.64. The third kappa shape index (κ3) is 5.38. The van der Waals surface area contributed by atoms with Crippen molar-refractivity contribution in [2.45, 2.75) is 38.1 Å². The molecule has 6 nitrogen and oxygen atoms in total. The Hall–Kier alpha value is -1.80. The van der Waals surface area contributed by atoms with Gasteiger partial charge in [0.05, 0.1) is 17.8 Å². The van der Waals surface area contributed by atoms with Crippen LogP contribution in [-0.2, 0) is 10.0 Å². The summed E-state index contributed by atoms with van der Waals surface area (Å²) < 4.78 is 33.0. The number of aryl methyl sites for hydroxylation is 1. The fourth-order valence-corrected chi connectivity index (χ4v) is 4.53. The zero-order valence-corrected chi connectivity index (χ0v) is 18.5. The summed E-state index contributed by atoms with van der Waals surface area (Å²) in [4.78, 5) is 12.5. The van der Waals surface area contributed by atoms with E-state index in [2.05, 4.69) is 10.0 Å². The van der Waals surface area contributed by atoms with Crippen LogP contribution in [0.5, 0.6) is 5.75 Å². The average Bonchev–Trinajstić information content (AvgIpc) is 2.55. The minimum absolute atomic E-state index is 0.0215. The van der Waals surface area contributed by atoms with E-state index in [4.69, 9.17) is 27.9 Å². The Morgan fingerprint density at radius 1 is 1.07 bits per heavy atom. The van der Waals surface area contributed by atoms with Gasteiger partial charge in [-0.25, -0.2) is 13.1 Å². The molecule has 2 aromatic carbocycles. The van der Waals surface area contributed by atoms with Crippen molar-refractivity contribution in [1.29, 1.82) is 0 Å². The minimum atomic E-state index is -3.91. The smallest absolute Gasteiger partial charge is 0.255 e. The molecule has 1 amide bonds. The third-order valence-corrected chi connectivity index (χ3v) is 6.30. The SMILES string of the molecule is COc1cc(Cl)c(C)cc1NC(=O)c1ccc(Cl)c(S(=O)(=O)NC(C)(C)C)c1. The van der Waals surface area contributed by atoms with Gasteiger partial charge in [0.1, 0.15) is 10.6 Å². The molecular weight excluding hydrogens is 423 g/mol.